The van der Waals surface area contributed by atoms with Crippen LogP contribution < -0.4 is 56.9 Å². The summed E-state index contributed by atoms with van der Waals surface area (Å²) < 4.78 is 375. The maximum Gasteiger partial charge on any atom is 0.179 e. The Morgan fingerprint density at radius 3 is 1.32 bits per heavy atom. The Labute approximate surface area is 606 Å². The van der Waals surface area contributed by atoms with Gasteiger partial charge in [-0.2, -0.15) is 0 Å². The zero-order valence-electron chi connectivity index (χ0n) is 87.9. The zero-order chi connectivity index (χ0) is 96.6. The number of anilines is 4. The Balaban J connectivity index is 1.08. The van der Waals surface area contributed by atoms with Gasteiger partial charge in [0.2, 0.25) is 0 Å². The van der Waals surface area contributed by atoms with Crippen molar-refractivity contribution in [3.63, 3.8) is 0 Å². The highest BCUT2D eigenvalue weighted by atomic mass is 28.3. The molecule has 2 N–H and O–H groups in total. The van der Waals surface area contributed by atoms with E-state index in [2.05, 4.69) is 31.4 Å². The van der Waals surface area contributed by atoms with Crippen LogP contribution in [0, 0.1) is 0 Å². The number of nitrogens with zero attached hydrogens (tertiary/aromatic N) is 2. The van der Waals surface area contributed by atoms with Crippen molar-refractivity contribution in [2.24, 2.45) is 0 Å². The second kappa shape index (κ2) is 25.4. The smallest absolute Gasteiger partial charge is 0.179 e. The molecule has 452 valence electrons. The second-order valence-electron chi connectivity index (χ2n) is 22.3. The number of para-hydroxylation sites is 4. The van der Waals surface area contributed by atoms with E-state index in [1.807, 2.05) is 53.1 Å². The second-order valence-corrected chi connectivity index (χ2v) is 29.3. The van der Waals surface area contributed by atoms with Gasteiger partial charge < -0.3 is 15.4 Å². The molecule has 0 saturated carbocycles. The minimum Gasteiger partial charge on any atom is -0.457 e. The molecular formula is C87H70N4OSi2. The van der Waals surface area contributed by atoms with Gasteiger partial charge in [-0.15, -0.1) is 0 Å². The highest BCUT2D eigenvalue weighted by molar-refractivity contribution is 7.20. The summed E-state index contributed by atoms with van der Waals surface area (Å²) in [4.78, 5) is 4.81. The molecule has 0 atom stereocenters. The molecular weight excluding hydrogens is 1170 g/mol. The number of benzene rings is 13. The van der Waals surface area contributed by atoms with Gasteiger partial charge in [0.15, 0.2) is 16.1 Å². The molecule has 0 spiro atoms. The SMILES string of the molecule is [2H]c1c([2H])c([2H])c([Si](c2c([2H])c([2H])c([2H])c([2H])c2[2H])(c2c([2H])c([2H])c([2H])c([2H])c2[2H])c2c([2H])c([2H])c([2H])c(-c3cccc(-c4c([2H])c([2H])c([2H])c([Si](c5c([2H])c([2H])c([2H])c([2H])c5[2H])(c5c([2H])c([2H])c([2H])c([2H])c5[2H])c5c([2H])c([2H])c([2H])c([2H])c5[2H])c4[2H])c3Nc3ccccc3Nc3cccc(Oc4ccc5c6ccccc6n(-c6cc(C(C)(C)C)ccn6)c5c4)c3)c2[2H])c([2H])c1[2H]. The summed E-state index contributed by atoms with van der Waals surface area (Å²) in [6.45, 7) is 6.27. The predicted octanol–water partition coefficient (Wildman–Crippen LogP) is 16.8. The van der Waals surface area contributed by atoms with E-state index >= 15 is 0 Å². The van der Waals surface area contributed by atoms with E-state index in [-0.39, 0.29) is 28.2 Å². The van der Waals surface area contributed by atoms with Gasteiger partial charge in [0.05, 0.1) is 80.2 Å². The molecule has 0 amide bonds. The Bertz CT molecular complexity index is 6760. The molecule has 15 rings (SSSR count). The lowest BCUT2D eigenvalue weighted by Crippen LogP contribution is -2.74. The summed E-state index contributed by atoms with van der Waals surface area (Å²) in [5.74, 6) is 1.25. The normalized spacial score (nSPS) is 17.4. The Kier molecular flexibility index (Phi) is 8.20. The van der Waals surface area contributed by atoms with Crippen LogP contribution in [0.5, 0.6) is 11.5 Å². The molecule has 0 unspecified atom stereocenters. The van der Waals surface area contributed by atoms with E-state index in [4.69, 9.17) is 17.9 Å². The molecule has 0 fully saturated rings. The number of hydrogen-bond acceptors (Lipinski definition) is 4. The average molecular weight is 1280 g/mol. The minimum absolute atomic E-state index is 0.0532. The van der Waals surface area contributed by atoms with Crippen molar-refractivity contribution in [1.82, 2.24) is 9.55 Å². The van der Waals surface area contributed by atoms with Crippen LogP contribution in [0.25, 0.3) is 49.9 Å². The Hall–Kier alpha value is -11.4. The molecule has 13 aromatic carbocycles. The van der Waals surface area contributed by atoms with E-state index in [1.165, 1.54) is 18.2 Å². The Morgan fingerprint density at radius 1 is 0.383 bits per heavy atom. The summed E-state index contributed by atoms with van der Waals surface area (Å²) in [6, 6.07) is -15.7. The highest BCUT2D eigenvalue weighted by Crippen LogP contribution is 2.42. The quantitative estimate of drug-likeness (QED) is 0.0705. The molecule has 2 heterocycles. The van der Waals surface area contributed by atoms with E-state index < -0.39 is 315 Å². The van der Waals surface area contributed by atoms with Crippen molar-refractivity contribution < 1.29 is 56.8 Å². The summed E-state index contributed by atoms with van der Waals surface area (Å²) >= 11 is 0. The summed E-state index contributed by atoms with van der Waals surface area (Å²) in [7, 11) is -13.3. The molecule has 0 aliphatic carbocycles. The molecule has 5 nitrogen and oxygen atoms in total. The molecule has 0 aliphatic heterocycles. The van der Waals surface area contributed by atoms with Gasteiger partial charge in [-0.3, -0.25) is 4.57 Å². The van der Waals surface area contributed by atoms with Gasteiger partial charge in [-0.05, 0) is 118 Å². The van der Waals surface area contributed by atoms with E-state index in [0.717, 1.165) is 45.6 Å². The number of ether oxygens (including phenoxy) is 1. The van der Waals surface area contributed by atoms with Crippen molar-refractivity contribution in [2.45, 2.75) is 26.2 Å². The lowest BCUT2D eigenvalue weighted by molar-refractivity contribution is 0.483. The first-order valence-electron chi connectivity index (χ1n) is 48.2. The first-order valence-corrected chi connectivity index (χ1v) is 33.2. The first-order chi connectivity index (χ1) is 62.0. The summed E-state index contributed by atoms with van der Waals surface area (Å²) in [5.41, 5.74) is -1.43. The van der Waals surface area contributed by atoms with Crippen molar-refractivity contribution in [3.8, 4) is 39.6 Å². The van der Waals surface area contributed by atoms with E-state index in [9.17, 15) is 43.9 Å². The van der Waals surface area contributed by atoms with Crippen molar-refractivity contribution in [1.29, 1.82) is 0 Å². The molecule has 0 aliphatic rings. The number of pyridine rings is 1. The van der Waals surface area contributed by atoms with Gasteiger partial charge >= 0.3 is 0 Å². The fraction of sp³-hybridized carbons (Fsp3) is 0.0460. The highest BCUT2D eigenvalue weighted by Gasteiger charge is 2.43. The number of nitrogens with one attached hydrogen (secondary N) is 2. The van der Waals surface area contributed by atoms with Crippen molar-refractivity contribution in [3.05, 3.63) is 363 Å². The summed E-state index contributed by atoms with van der Waals surface area (Å²) in [6.07, 6.45) is 1.74. The van der Waals surface area contributed by atoms with Crippen molar-refractivity contribution >= 4 is 102 Å². The molecule has 15 aromatic rings. The monoisotopic (exact) mass is 1280 g/mol. The topological polar surface area (TPSA) is 51.1 Å². The minimum atomic E-state index is -6.67. The first kappa shape index (κ1) is 30.4. The van der Waals surface area contributed by atoms with Crippen LogP contribution in [0.3, 0.4) is 0 Å². The third-order valence-corrected chi connectivity index (χ3v) is 23.9. The summed E-state index contributed by atoms with van der Waals surface area (Å²) in [5, 5.41) is -1.40. The van der Waals surface area contributed by atoms with Gasteiger partial charge in [0.1, 0.15) is 17.3 Å². The maximum absolute atomic E-state index is 11.1. The van der Waals surface area contributed by atoms with E-state index in [0.29, 0.717) is 11.6 Å². The van der Waals surface area contributed by atoms with E-state index in [1.54, 1.807) is 42.6 Å². The lowest BCUT2D eigenvalue weighted by Gasteiger charge is -2.35. The lowest BCUT2D eigenvalue weighted by atomic mass is 9.88. The predicted molar refractivity (Wildman–Crippen MR) is 401 cm³/mol. The standard InChI is InChI=1S/C87H70N4OSi2/c1-87(2,3)65-56-57-88-85(60-65)91-83-53-25-22-48-79(83)80-55-54-68(62-84(80)91)92-67-33-28-32-66(61-67)89-81-51-23-24-52-82(81)90-86-77(63-30-26-46-75(58-63)93(69-34-10-4-11-35-69,70-36-12-5-13-37-70)71-38-14-6-15-39-71)49-29-50-78(86)64-31-27-47-76(59-64)94(72-40-16-7-17-41-72,73-42-18-8-19-43-73)74-44-20-9-21-45-74/h4-62,89-90H,1-3H3/i4D,5D,6D,7D,8D,9D,10D,11D,12D,13D,14D,15D,16D,17D,18D,19D,20D,21D,26D,27D,30D,31D,34D,35D,36D,37D,38D,39D,40D,41D,42D,43D,44D,45D,46D,47D,58D,59D. The van der Waals surface area contributed by atoms with Crippen LogP contribution in [0.2, 0.25) is 0 Å². The fourth-order valence-corrected chi connectivity index (χ4v) is 18.7. The largest absolute Gasteiger partial charge is 0.457 e. The van der Waals surface area contributed by atoms with Crippen LogP contribution in [0.4, 0.5) is 22.7 Å². The van der Waals surface area contributed by atoms with Crippen LogP contribution >= 0.6 is 0 Å². The van der Waals surface area contributed by atoms with Crippen LogP contribution in [0.15, 0.2) is 357 Å². The zero-order valence-corrected chi connectivity index (χ0v) is 51.9. The molecule has 0 bridgehead atoms. The van der Waals surface area contributed by atoms with Crippen LogP contribution in [-0.4, -0.2) is 25.7 Å². The molecule has 94 heavy (non-hydrogen) atoms. The van der Waals surface area contributed by atoms with Crippen LogP contribution in [-0.2, 0) is 5.41 Å². The molecule has 2 aromatic heterocycles. The fourth-order valence-electron chi connectivity index (χ4n) is 11.6. The van der Waals surface area contributed by atoms with Crippen molar-refractivity contribution in [2.75, 3.05) is 10.6 Å². The molecule has 7 heteroatoms. The van der Waals surface area contributed by atoms with Gasteiger partial charge in [0.25, 0.3) is 0 Å². The number of aromatic nitrogens is 2. The third kappa shape index (κ3) is 11.0. The molecule has 0 saturated heterocycles. The van der Waals surface area contributed by atoms with Gasteiger partial charge in [-0.1, -0.05) is 305 Å². The number of rotatable bonds is 17. The average Bonchev–Trinajstić information content (AvgIpc) is 0.780. The number of hydrogen-bond donors (Lipinski definition) is 2. The van der Waals surface area contributed by atoms with Crippen LogP contribution in [0.1, 0.15) is 78.4 Å². The number of fused-ring (bicyclic) bond motifs is 3. The molecule has 0 radical (unpaired) electrons. The van der Waals surface area contributed by atoms with Gasteiger partial charge in [0, 0.05) is 45.9 Å². The Morgan fingerprint density at radius 2 is 0.819 bits per heavy atom. The maximum atomic E-state index is 11.1. The third-order valence-electron chi connectivity index (χ3n) is 15.9. The van der Waals surface area contributed by atoms with Gasteiger partial charge in [-0.25, -0.2) is 4.98 Å².